The highest BCUT2D eigenvalue weighted by Crippen LogP contribution is 2.22. The number of nitrogens with one attached hydrogen (secondary N) is 1. The summed E-state index contributed by atoms with van der Waals surface area (Å²) in [6, 6.07) is 6.66. The van der Waals surface area contributed by atoms with Crippen LogP contribution in [0.25, 0.3) is 0 Å². The molecule has 2 atom stereocenters. The van der Waals surface area contributed by atoms with Crippen molar-refractivity contribution in [2.24, 2.45) is 5.92 Å². The standard InChI is InChI=1S/C20H27N3O5/c1-14-5-3-7-16(11-14)21-20(26)22-8-4-6-15(12-22)18(24)23-9-10-28-13-17(23)19(25)27-2/h3,5,7,11,15,17H,4,6,8-10,12-13H2,1-2H3,(H,21,26)/t15-,17-/m1/s1. The van der Waals surface area contributed by atoms with Gasteiger partial charge >= 0.3 is 12.0 Å². The first-order chi connectivity index (χ1) is 13.5. The molecule has 0 radical (unpaired) electrons. The number of hydrogen-bond donors (Lipinski definition) is 1. The second-order valence-electron chi connectivity index (χ2n) is 7.23. The summed E-state index contributed by atoms with van der Waals surface area (Å²) in [7, 11) is 1.30. The van der Waals surface area contributed by atoms with Crippen molar-refractivity contribution >= 4 is 23.6 Å². The summed E-state index contributed by atoms with van der Waals surface area (Å²) in [6.07, 6.45) is 1.43. The van der Waals surface area contributed by atoms with Crippen molar-refractivity contribution in [3.63, 3.8) is 0 Å². The number of piperidine rings is 1. The molecule has 1 N–H and O–H groups in total. The molecular weight excluding hydrogens is 362 g/mol. The van der Waals surface area contributed by atoms with Gasteiger partial charge in [-0.2, -0.15) is 0 Å². The molecule has 8 heteroatoms. The van der Waals surface area contributed by atoms with E-state index in [9.17, 15) is 14.4 Å². The van der Waals surface area contributed by atoms with E-state index in [1.54, 1.807) is 9.80 Å². The first kappa shape index (κ1) is 20.1. The normalized spacial score (nSPS) is 22.5. The molecule has 3 amide bonds. The van der Waals surface area contributed by atoms with E-state index in [4.69, 9.17) is 9.47 Å². The molecule has 2 fully saturated rings. The van der Waals surface area contributed by atoms with Gasteiger partial charge in [-0.05, 0) is 37.5 Å². The zero-order chi connectivity index (χ0) is 20.1. The maximum Gasteiger partial charge on any atom is 0.331 e. The minimum Gasteiger partial charge on any atom is -0.467 e. The number of aryl methyl sites for hydroxylation is 1. The van der Waals surface area contributed by atoms with Crippen LogP contribution in [0.1, 0.15) is 18.4 Å². The largest absolute Gasteiger partial charge is 0.467 e. The van der Waals surface area contributed by atoms with Crippen molar-refractivity contribution in [3.8, 4) is 0 Å². The number of morpholine rings is 1. The molecule has 0 aromatic heterocycles. The molecule has 1 aromatic carbocycles. The highest BCUT2D eigenvalue weighted by Gasteiger charge is 2.38. The molecule has 0 unspecified atom stereocenters. The zero-order valence-corrected chi connectivity index (χ0v) is 16.3. The van der Waals surface area contributed by atoms with Crippen LogP contribution < -0.4 is 5.32 Å². The average Bonchev–Trinajstić information content (AvgIpc) is 2.72. The number of likely N-dealkylation sites (tertiary alicyclic amines) is 1. The van der Waals surface area contributed by atoms with Crippen molar-refractivity contribution in [1.29, 1.82) is 0 Å². The SMILES string of the molecule is COC(=O)[C@H]1COCCN1C(=O)[C@@H]1CCCN(C(=O)Nc2cccc(C)c2)C1. The molecule has 2 saturated heterocycles. The van der Waals surface area contributed by atoms with Gasteiger partial charge in [-0.3, -0.25) is 4.79 Å². The Morgan fingerprint density at radius 3 is 2.82 bits per heavy atom. The van der Waals surface area contributed by atoms with Crippen LogP contribution in [-0.2, 0) is 19.1 Å². The second kappa shape index (κ2) is 9.05. The fraction of sp³-hybridized carbons (Fsp3) is 0.550. The third kappa shape index (κ3) is 4.62. The van der Waals surface area contributed by atoms with Crippen molar-refractivity contribution in [3.05, 3.63) is 29.8 Å². The van der Waals surface area contributed by atoms with Crippen LogP contribution in [0.5, 0.6) is 0 Å². The van der Waals surface area contributed by atoms with E-state index in [-0.39, 0.29) is 24.5 Å². The monoisotopic (exact) mass is 389 g/mol. The van der Waals surface area contributed by atoms with Crippen LogP contribution in [0.4, 0.5) is 10.5 Å². The lowest BCUT2D eigenvalue weighted by atomic mass is 9.95. The van der Waals surface area contributed by atoms with E-state index in [1.807, 2.05) is 31.2 Å². The maximum absolute atomic E-state index is 13.1. The Morgan fingerprint density at radius 1 is 1.25 bits per heavy atom. The van der Waals surface area contributed by atoms with Crippen molar-refractivity contribution < 1.29 is 23.9 Å². The van der Waals surface area contributed by atoms with Crippen molar-refractivity contribution in [1.82, 2.24) is 9.80 Å². The number of esters is 1. The van der Waals surface area contributed by atoms with E-state index in [0.29, 0.717) is 32.7 Å². The van der Waals surface area contributed by atoms with Gasteiger partial charge in [0.25, 0.3) is 0 Å². The molecule has 0 spiro atoms. The predicted molar refractivity (Wildman–Crippen MR) is 103 cm³/mol. The molecule has 0 saturated carbocycles. The number of anilines is 1. The summed E-state index contributed by atoms with van der Waals surface area (Å²) < 4.78 is 10.1. The van der Waals surface area contributed by atoms with Gasteiger partial charge in [0.1, 0.15) is 0 Å². The Morgan fingerprint density at radius 2 is 2.07 bits per heavy atom. The molecule has 2 aliphatic heterocycles. The summed E-state index contributed by atoms with van der Waals surface area (Å²) in [6.45, 7) is 3.79. The van der Waals surface area contributed by atoms with Gasteiger partial charge in [-0.1, -0.05) is 12.1 Å². The van der Waals surface area contributed by atoms with E-state index >= 15 is 0 Å². The molecule has 8 nitrogen and oxygen atoms in total. The molecule has 28 heavy (non-hydrogen) atoms. The Balaban J connectivity index is 1.64. The van der Waals surface area contributed by atoms with Gasteiger partial charge in [0.05, 0.1) is 26.2 Å². The lowest BCUT2D eigenvalue weighted by Gasteiger charge is -2.39. The molecule has 1 aromatic rings. The van der Waals surface area contributed by atoms with Crippen LogP contribution >= 0.6 is 0 Å². The number of nitrogens with zero attached hydrogens (tertiary/aromatic N) is 2. The summed E-state index contributed by atoms with van der Waals surface area (Å²) in [5.74, 6) is -0.924. The first-order valence-electron chi connectivity index (χ1n) is 9.58. The van der Waals surface area contributed by atoms with Crippen molar-refractivity contribution in [2.75, 3.05) is 45.3 Å². The van der Waals surface area contributed by atoms with Gasteiger partial charge in [0.15, 0.2) is 6.04 Å². The number of amides is 3. The lowest BCUT2D eigenvalue weighted by molar-refractivity contribution is -0.163. The molecule has 152 valence electrons. The number of carbonyl (C=O) groups is 3. The Hall–Kier alpha value is -2.61. The molecule has 2 aliphatic rings. The van der Waals surface area contributed by atoms with Crippen LogP contribution in [-0.4, -0.2) is 73.7 Å². The second-order valence-corrected chi connectivity index (χ2v) is 7.23. The van der Waals surface area contributed by atoms with E-state index in [2.05, 4.69) is 5.32 Å². The number of ether oxygens (including phenoxy) is 2. The number of carbonyl (C=O) groups excluding carboxylic acids is 3. The Kier molecular flexibility index (Phi) is 6.51. The third-order valence-electron chi connectivity index (χ3n) is 5.21. The van der Waals surface area contributed by atoms with E-state index < -0.39 is 12.0 Å². The van der Waals surface area contributed by atoms with Gasteiger partial charge in [-0.25, -0.2) is 9.59 Å². The summed E-state index contributed by atoms with van der Waals surface area (Å²) in [4.78, 5) is 40.9. The van der Waals surface area contributed by atoms with Crippen LogP contribution in [0.2, 0.25) is 0 Å². The van der Waals surface area contributed by atoms with Crippen LogP contribution in [0, 0.1) is 12.8 Å². The summed E-state index contributed by atoms with van der Waals surface area (Å²) >= 11 is 0. The van der Waals surface area contributed by atoms with Gasteiger partial charge in [0, 0.05) is 25.3 Å². The summed E-state index contributed by atoms with van der Waals surface area (Å²) in [5.41, 5.74) is 1.79. The van der Waals surface area contributed by atoms with Gasteiger partial charge in [0.2, 0.25) is 5.91 Å². The number of rotatable bonds is 3. The highest BCUT2D eigenvalue weighted by atomic mass is 16.5. The number of methoxy groups -OCH3 is 1. The number of hydrogen-bond acceptors (Lipinski definition) is 5. The number of urea groups is 1. The first-order valence-corrected chi connectivity index (χ1v) is 9.58. The third-order valence-corrected chi connectivity index (χ3v) is 5.21. The molecule has 0 aliphatic carbocycles. The quantitative estimate of drug-likeness (QED) is 0.794. The topological polar surface area (TPSA) is 88.2 Å². The average molecular weight is 389 g/mol. The van der Waals surface area contributed by atoms with E-state index in [0.717, 1.165) is 17.7 Å². The van der Waals surface area contributed by atoms with Gasteiger partial charge < -0.3 is 24.6 Å². The van der Waals surface area contributed by atoms with E-state index in [1.165, 1.54) is 7.11 Å². The zero-order valence-electron chi connectivity index (χ0n) is 16.3. The van der Waals surface area contributed by atoms with Gasteiger partial charge in [-0.15, -0.1) is 0 Å². The fourth-order valence-corrected chi connectivity index (χ4v) is 3.72. The minimum atomic E-state index is -0.720. The Labute approximate surface area is 164 Å². The molecule has 2 heterocycles. The smallest absolute Gasteiger partial charge is 0.331 e. The van der Waals surface area contributed by atoms with Crippen LogP contribution in [0.3, 0.4) is 0 Å². The van der Waals surface area contributed by atoms with Crippen LogP contribution in [0.15, 0.2) is 24.3 Å². The fourth-order valence-electron chi connectivity index (χ4n) is 3.72. The highest BCUT2D eigenvalue weighted by molar-refractivity contribution is 5.91. The molecule has 0 bridgehead atoms. The Bertz CT molecular complexity index is 738. The lowest BCUT2D eigenvalue weighted by Crippen LogP contribution is -2.56. The molecular formula is C20H27N3O5. The number of benzene rings is 1. The van der Waals surface area contributed by atoms with Crippen molar-refractivity contribution in [2.45, 2.75) is 25.8 Å². The predicted octanol–water partition coefficient (Wildman–Crippen LogP) is 1.64. The minimum absolute atomic E-state index is 0.119. The summed E-state index contributed by atoms with van der Waals surface area (Å²) in [5, 5.41) is 2.90. The molecule has 3 rings (SSSR count). The maximum atomic E-state index is 13.1.